The van der Waals surface area contributed by atoms with Crippen LogP contribution in [0.2, 0.25) is 0 Å². The van der Waals surface area contributed by atoms with Crippen LogP contribution in [-0.4, -0.2) is 23.6 Å². The van der Waals surface area contributed by atoms with Gasteiger partial charge in [-0.15, -0.1) is 0 Å². The van der Waals surface area contributed by atoms with E-state index in [0.29, 0.717) is 16.8 Å². The molecule has 0 aliphatic rings. The molecule has 6 nitrogen and oxygen atoms in total. The molecule has 1 rings (SSSR count). The van der Waals surface area contributed by atoms with Gasteiger partial charge in [0.2, 0.25) is 0 Å². The summed E-state index contributed by atoms with van der Waals surface area (Å²) in [5.74, 6) is -1.68. The normalized spacial score (nSPS) is 9.81. The average molecular weight is 224 g/mol. The van der Waals surface area contributed by atoms with E-state index in [1.54, 1.807) is 25.1 Å². The van der Waals surface area contributed by atoms with Gasteiger partial charge < -0.3 is 10.8 Å². The highest BCUT2D eigenvalue weighted by Gasteiger charge is 2.10. The maximum absolute atomic E-state index is 11.5. The first-order valence-corrected chi connectivity index (χ1v) is 4.51. The monoisotopic (exact) mass is 224 g/mol. The summed E-state index contributed by atoms with van der Waals surface area (Å²) >= 11 is 0. The summed E-state index contributed by atoms with van der Waals surface area (Å²) in [4.78, 5) is 26.1. The predicted octanol–water partition coefficient (Wildman–Crippen LogP) is 0.323. The minimum Gasteiger partial charge on any atom is -0.479 e. The van der Waals surface area contributed by atoms with Crippen molar-refractivity contribution < 1.29 is 19.5 Å². The van der Waals surface area contributed by atoms with Crippen LogP contribution in [0.15, 0.2) is 18.2 Å². The van der Waals surface area contributed by atoms with Crippen molar-refractivity contribution in [2.24, 2.45) is 0 Å². The number of carbonyl (C=O) groups is 2. The molecule has 1 aromatic rings. The molecule has 86 valence electrons. The Labute approximate surface area is 92.0 Å². The molecule has 0 radical (unpaired) electrons. The number of aliphatic carboxylic acids is 1. The van der Waals surface area contributed by atoms with E-state index < -0.39 is 18.5 Å². The van der Waals surface area contributed by atoms with Crippen molar-refractivity contribution in [3.63, 3.8) is 0 Å². The topological polar surface area (TPSA) is 102 Å². The van der Waals surface area contributed by atoms with Crippen LogP contribution in [0.1, 0.15) is 15.9 Å². The van der Waals surface area contributed by atoms with Crippen LogP contribution < -0.4 is 11.2 Å². The molecular weight excluding hydrogens is 212 g/mol. The van der Waals surface area contributed by atoms with Gasteiger partial charge in [0.15, 0.2) is 6.61 Å². The zero-order chi connectivity index (χ0) is 12.1. The lowest BCUT2D eigenvalue weighted by Crippen LogP contribution is -2.27. The molecule has 6 heteroatoms. The number of hydrogen-bond acceptors (Lipinski definition) is 4. The number of anilines is 1. The van der Waals surface area contributed by atoms with Crippen LogP contribution in [0, 0.1) is 6.92 Å². The summed E-state index contributed by atoms with van der Waals surface area (Å²) in [6, 6.07) is 4.88. The Morgan fingerprint density at radius 3 is 2.81 bits per heavy atom. The summed E-state index contributed by atoms with van der Waals surface area (Å²) in [5.41, 5.74) is 9.11. The summed E-state index contributed by atoms with van der Waals surface area (Å²) in [6.45, 7) is 1.11. The quantitative estimate of drug-likeness (QED) is 0.505. The molecule has 1 amide bonds. The molecule has 0 heterocycles. The molecule has 4 N–H and O–H groups in total. The number of carbonyl (C=O) groups excluding carboxylic acids is 1. The Morgan fingerprint density at radius 1 is 1.50 bits per heavy atom. The van der Waals surface area contributed by atoms with Crippen LogP contribution in [0.3, 0.4) is 0 Å². The van der Waals surface area contributed by atoms with E-state index in [2.05, 4.69) is 4.84 Å². The molecule has 0 aliphatic carbocycles. The zero-order valence-electron chi connectivity index (χ0n) is 8.69. The third kappa shape index (κ3) is 2.96. The molecule has 0 spiro atoms. The van der Waals surface area contributed by atoms with Gasteiger partial charge in [-0.3, -0.25) is 9.63 Å². The summed E-state index contributed by atoms with van der Waals surface area (Å²) in [6.07, 6.45) is 0. The second-order valence-corrected chi connectivity index (χ2v) is 3.13. The minimum atomic E-state index is -1.16. The lowest BCUT2D eigenvalue weighted by molar-refractivity contribution is -0.144. The SMILES string of the molecule is Cc1c(N)cccc1C(=O)NOCC(=O)O. The van der Waals surface area contributed by atoms with Crippen molar-refractivity contribution >= 4 is 17.6 Å². The van der Waals surface area contributed by atoms with Crippen LogP contribution in [-0.2, 0) is 9.63 Å². The Kier molecular flexibility index (Phi) is 3.84. The van der Waals surface area contributed by atoms with Crippen molar-refractivity contribution in [3.8, 4) is 0 Å². The number of carboxylic acids is 1. The highest BCUT2D eigenvalue weighted by atomic mass is 16.7. The van der Waals surface area contributed by atoms with Gasteiger partial charge in [-0.1, -0.05) is 6.07 Å². The average Bonchev–Trinajstić information content (AvgIpc) is 2.21. The van der Waals surface area contributed by atoms with Gasteiger partial charge in [0, 0.05) is 11.3 Å². The number of hydrogen-bond donors (Lipinski definition) is 3. The zero-order valence-corrected chi connectivity index (χ0v) is 8.69. The number of rotatable bonds is 4. The van der Waals surface area contributed by atoms with Gasteiger partial charge in [-0.2, -0.15) is 0 Å². The van der Waals surface area contributed by atoms with Gasteiger partial charge >= 0.3 is 5.97 Å². The van der Waals surface area contributed by atoms with Crippen molar-refractivity contribution in [1.29, 1.82) is 0 Å². The van der Waals surface area contributed by atoms with Crippen LogP contribution in [0.5, 0.6) is 0 Å². The van der Waals surface area contributed by atoms with Gasteiger partial charge in [-0.05, 0) is 24.6 Å². The molecule has 0 bridgehead atoms. The van der Waals surface area contributed by atoms with Gasteiger partial charge in [0.1, 0.15) is 0 Å². The lowest BCUT2D eigenvalue weighted by Gasteiger charge is -2.08. The fourth-order valence-corrected chi connectivity index (χ4v) is 1.12. The van der Waals surface area contributed by atoms with Gasteiger partial charge in [0.05, 0.1) is 0 Å². The molecule has 0 aromatic heterocycles. The number of nitrogen functional groups attached to an aromatic ring is 1. The fourth-order valence-electron chi connectivity index (χ4n) is 1.12. The Bertz CT molecular complexity index is 417. The molecule has 0 aliphatic heterocycles. The van der Waals surface area contributed by atoms with E-state index in [9.17, 15) is 9.59 Å². The first kappa shape index (κ1) is 12.0. The van der Waals surface area contributed by atoms with E-state index in [-0.39, 0.29) is 0 Å². The van der Waals surface area contributed by atoms with E-state index in [0.717, 1.165) is 0 Å². The largest absolute Gasteiger partial charge is 0.479 e. The molecule has 0 unspecified atom stereocenters. The molecule has 16 heavy (non-hydrogen) atoms. The predicted molar refractivity (Wildman–Crippen MR) is 56.6 cm³/mol. The van der Waals surface area contributed by atoms with Crippen molar-refractivity contribution in [1.82, 2.24) is 5.48 Å². The highest BCUT2D eigenvalue weighted by molar-refractivity contribution is 5.96. The number of amides is 1. The molecule has 0 saturated heterocycles. The number of nitrogens with two attached hydrogens (primary N) is 1. The van der Waals surface area contributed by atoms with Gasteiger partial charge in [0.25, 0.3) is 5.91 Å². The second-order valence-electron chi connectivity index (χ2n) is 3.13. The summed E-state index contributed by atoms with van der Waals surface area (Å²) in [7, 11) is 0. The van der Waals surface area contributed by atoms with Crippen LogP contribution in [0.4, 0.5) is 5.69 Å². The second kappa shape index (κ2) is 5.13. The molecule has 0 saturated carbocycles. The Morgan fingerprint density at radius 2 is 2.19 bits per heavy atom. The number of nitrogens with one attached hydrogen (secondary N) is 1. The molecular formula is C10H12N2O4. The Hall–Kier alpha value is -2.08. The van der Waals surface area contributed by atoms with Crippen molar-refractivity contribution in [2.75, 3.05) is 12.3 Å². The first-order valence-electron chi connectivity index (χ1n) is 4.51. The van der Waals surface area contributed by atoms with Crippen LogP contribution >= 0.6 is 0 Å². The maximum Gasteiger partial charge on any atom is 0.332 e. The molecule has 1 aromatic carbocycles. The number of hydroxylamine groups is 1. The van der Waals surface area contributed by atoms with E-state index in [1.165, 1.54) is 0 Å². The third-order valence-corrected chi connectivity index (χ3v) is 1.98. The fraction of sp³-hybridized carbons (Fsp3) is 0.200. The smallest absolute Gasteiger partial charge is 0.332 e. The molecule has 0 fully saturated rings. The van der Waals surface area contributed by atoms with Gasteiger partial charge in [-0.25, -0.2) is 10.3 Å². The third-order valence-electron chi connectivity index (χ3n) is 1.98. The molecule has 0 atom stereocenters. The van der Waals surface area contributed by atoms with Crippen molar-refractivity contribution in [2.45, 2.75) is 6.92 Å². The Balaban J connectivity index is 2.66. The number of benzene rings is 1. The van der Waals surface area contributed by atoms with E-state index in [4.69, 9.17) is 10.8 Å². The van der Waals surface area contributed by atoms with Crippen LogP contribution in [0.25, 0.3) is 0 Å². The summed E-state index contributed by atoms with van der Waals surface area (Å²) < 4.78 is 0. The van der Waals surface area contributed by atoms with E-state index >= 15 is 0 Å². The number of carboxylic acid groups (broad SMARTS) is 1. The van der Waals surface area contributed by atoms with Crippen molar-refractivity contribution in [3.05, 3.63) is 29.3 Å². The first-order chi connectivity index (χ1) is 7.52. The maximum atomic E-state index is 11.5. The minimum absolute atomic E-state index is 0.352. The van der Waals surface area contributed by atoms with E-state index in [1.807, 2.05) is 5.48 Å². The standard InChI is InChI=1S/C10H12N2O4/c1-6-7(3-2-4-8(6)11)10(15)12-16-5-9(13)14/h2-4H,5,11H2,1H3,(H,12,15)(H,13,14). The summed E-state index contributed by atoms with van der Waals surface area (Å²) in [5, 5.41) is 8.30. The highest BCUT2D eigenvalue weighted by Crippen LogP contribution is 2.14. The lowest BCUT2D eigenvalue weighted by atomic mass is 10.1.